The zero-order valence-electron chi connectivity index (χ0n) is 30.2. The van der Waals surface area contributed by atoms with Gasteiger partial charge < -0.3 is 24.6 Å². The maximum atomic E-state index is 12.5. The van der Waals surface area contributed by atoms with E-state index in [0.717, 1.165) is 64.2 Å². The van der Waals surface area contributed by atoms with Crippen molar-refractivity contribution in [3.8, 4) is 0 Å². The van der Waals surface area contributed by atoms with E-state index in [-0.39, 0.29) is 19.4 Å². The molecule has 0 aliphatic carbocycles. The molecule has 0 aromatic heterocycles. The van der Waals surface area contributed by atoms with Gasteiger partial charge >= 0.3 is 19.8 Å². The number of allylic oxidation sites excluding steroid dienone is 4. The van der Waals surface area contributed by atoms with Gasteiger partial charge in [-0.05, 0) is 38.5 Å². The van der Waals surface area contributed by atoms with Crippen LogP contribution in [0.5, 0.6) is 0 Å². The van der Waals surface area contributed by atoms with E-state index in [1.807, 2.05) is 0 Å². The fourth-order valence-electron chi connectivity index (χ4n) is 4.89. The van der Waals surface area contributed by atoms with Crippen molar-refractivity contribution in [1.29, 1.82) is 0 Å². The molecule has 0 heterocycles. The first-order valence-electron chi connectivity index (χ1n) is 18.8. The second kappa shape index (κ2) is 33.9. The maximum Gasteiger partial charge on any atom is 0.472 e. The Labute approximate surface area is 291 Å². The van der Waals surface area contributed by atoms with Gasteiger partial charge in [0.25, 0.3) is 0 Å². The third kappa shape index (κ3) is 33.0. The van der Waals surface area contributed by atoms with Crippen molar-refractivity contribution in [2.45, 2.75) is 174 Å². The minimum atomic E-state index is -4.61. The molecule has 0 spiro atoms. The highest BCUT2D eigenvalue weighted by molar-refractivity contribution is 7.47. The largest absolute Gasteiger partial charge is 0.472 e. The molecule has 282 valence electrons. The fraction of sp³-hybridized carbons (Fsp3) is 0.838. The monoisotopic (exact) mass is 704 g/mol. The average Bonchev–Trinajstić information content (AvgIpc) is 3.07. The highest BCUT2D eigenvalue weighted by Crippen LogP contribution is 2.43. The molecule has 0 amide bonds. The zero-order chi connectivity index (χ0) is 35.6. The van der Waals surface area contributed by atoms with E-state index in [4.69, 9.17) is 19.1 Å². The van der Waals surface area contributed by atoms with E-state index >= 15 is 0 Å². The van der Waals surface area contributed by atoms with Gasteiger partial charge in [-0.2, -0.15) is 0 Å². The summed E-state index contributed by atoms with van der Waals surface area (Å²) >= 11 is 0. The van der Waals surface area contributed by atoms with Gasteiger partial charge in [0.2, 0.25) is 0 Å². The summed E-state index contributed by atoms with van der Waals surface area (Å²) in [7, 11) is -4.61. The number of phosphoric acid groups is 1. The van der Waals surface area contributed by atoms with Gasteiger partial charge in [-0.15, -0.1) is 0 Å². The van der Waals surface area contributed by atoms with Crippen molar-refractivity contribution in [2.24, 2.45) is 0 Å². The lowest BCUT2D eigenvalue weighted by molar-refractivity contribution is -0.161. The third-order valence-electron chi connectivity index (χ3n) is 7.86. The maximum absolute atomic E-state index is 12.5. The van der Waals surface area contributed by atoms with Crippen molar-refractivity contribution in [3.05, 3.63) is 24.3 Å². The molecule has 0 saturated carbocycles. The summed E-state index contributed by atoms with van der Waals surface area (Å²) in [4.78, 5) is 34.8. The molecule has 0 aliphatic heterocycles. The molecule has 0 bridgehead atoms. The molecule has 10 nitrogen and oxygen atoms in total. The van der Waals surface area contributed by atoms with Crippen LogP contribution in [0.25, 0.3) is 0 Å². The van der Waals surface area contributed by atoms with Gasteiger partial charge in [-0.1, -0.05) is 134 Å². The van der Waals surface area contributed by atoms with Crippen LogP contribution >= 0.6 is 7.82 Å². The summed E-state index contributed by atoms with van der Waals surface area (Å²) in [5.74, 6) is -0.941. The first-order valence-corrected chi connectivity index (χ1v) is 20.3. The van der Waals surface area contributed by atoms with E-state index in [1.165, 1.54) is 57.8 Å². The lowest BCUT2D eigenvalue weighted by Gasteiger charge is -2.20. The van der Waals surface area contributed by atoms with Crippen molar-refractivity contribution in [2.75, 3.05) is 26.4 Å². The van der Waals surface area contributed by atoms with Gasteiger partial charge in [0.15, 0.2) is 6.10 Å². The number of carbonyl (C=O) groups is 2. The average molecular weight is 705 g/mol. The van der Waals surface area contributed by atoms with Gasteiger partial charge in [-0.3, -0.25) is 18.6 Å². The number of hydrogen-bond acceptors (Lipinski definition) is 9. The number of rotatable bonds is 35. The van der Waals surface area contributed by atoms with Crippen molar-refractivity contribution >= 4 is 19.8 Å². The summed E-state index contributed by atoms with van der Waals surface area (Å²) in [6.07, 6.45) is 30.0. The Bertz CT molecular complexity index is 863. The first kappa shape index (κ1) is 46.5. The number of hydrogen-bond donors (Lipinski definition) is 3. The van der Waals surface area contributed by atoms with Crippen LogP contribution in [0.3, 0.4) is 0 Å². The summed E-state index contributed by atoms with van der Waals surface area (Å²) in [6.45, 7) is 2.30. The van der Waals surface area contributed by atoms with Gasteiger partial charge in [0.1, 0.15) is 12.7 Å². The van der Waals surface area contributed by atoms with Crippen molar-refractivity contribution in [1.82, 2.24) is 0 Å². The molecular weight excluding hydrogens is 635 g/mol. The molecular formula is C37H69O10P. The van der Waals surface area contributed by atoms with Gasteiger partial charge in [-0.25, -0.2) is 4.57 Å². The van der Waals surface area contributed by atoms with Crippen LogP contribution in [0.15, 0.2) is 24.3 Å². The van der Waals surface area contributed by atoms with E-state index in [1.54, 1.807) is 0 Å². The Balaban J connectivity index is 4.40. The Morgan fingerprint density at radius 3 is 1.67 bits per heavy atom. The molecule has 1 unspecified atom stereocenters. The van der Waals surface area contributed by atoms with Crippen LogP contribution < -0.4 is 0 Å². The van der Waals surface area contributed by atoms with Crippen LogP contribution in [0.4, 0.5) is 0 Å². The van der Waals surface area contributed by atoms with Crippen LogP contribution in [0.2, 0.25) is 0 Å². The fourth-order valence-corrected chi connectivity index (χ4v) is 5.68. The van der Waals surface area contributed by atoms with Crippen LogP contribution in [-0.2, 0) is 32.7 Å². The second-order valence-corrected chi connectivity index (χ2v) is 14.1. The summed E-state index contributed by atoms with van der Waals surface area (Å²) in [5.41, 5.74) is 0. The van der Waals surface area contributed by atoms with E-state index < -0.39 is 51.8 Å². The number of carbonyl (C=O) groups excluding carboxylic acids is 2. The number of aliphatic hydroxyl groups is 2. The number of phosphoric ester groups is 1. The second-order valence-electron chi connectivity index (χ2n) is 12.6. The molecule has 0 rings (SSSR count). The lowest BCUT2D eigenvalue weighted by Crippen LogP contribution is -2.29. The topological polar surface area (TPSA) is 149 Å². The van der Waals surface area contributed by atoms with Gasteiger partial charge in [0.05, 0.1) is 19.8 Å². The number of ether oxygens (including phenoxy) is 2. The Morgan fingerprint density at radius 2 is 1.10 bits per heavy atom. The minimum Gasteiger partial charge on any atom is -0.462 e. The Morgan fingerprint density at radius 1 is 0.625 bits per heavy atom. The number of aliphatic hydroxyl groups excluding tert-OH is 2. The van der Waals surface area contributed by atoms with Crippen LogP contribution in [0.1, 0.15) is 162 Å². The SMILES string of the molecule is CCCC/C=C\C/C=C\CCCCCCCC(=O)O[C@H](COC(=O)CCCCCCCCCCCCC)COP(=O)(O)OC[C@@H](O)CO. The molecule has 11 heteroatoms. The Kier molecular flexibility index (Phi) is 32.8. The molecule has 3 N–H and O–H groups in total. The third-order valence-corrected chi connectivity index (χ3v) is 8.81. The Hall–Kier alpha value is -1.55. The molecule has 3 atom stereocenters. The predicted octanol–water partition coefficient (Wildman–Crippen LogP) is 9.05. The highest BCUT2D eigenvalue weighted by atomic mass is 31.2. The zero-order valence-corrected chi connectivity index (χ0v) is 31.1. The lowest BCUT2D eigenvalue weighted by atomic mass is 10.1. The molecule has 0 fully saturated rings. The molecule has 0 radical (unpaired) electrons. The van der Waals surface area contributed by atoms with Crippen LogP contribution in [0, 0.1) is 0 Å². The van der Waals surface area contributed by atoms with Crippen molar-refractivity contribution in [3.63, 3.8) is 0 Å². The smallest absolute Gasteiger partial charge is 0.462 e. The summed E-state index contributed by atoms with van der Waals surface area (Å²) in [6, 6.07) is 0. The molecule has 0 aromatic rings. The standard InChI is InChI=1S/C37H69O10P/c1-3-5-7-9-11-13-15-16-17-19-21-23-25-27-29-37(41)47-35(33-46-48(42,43)45-31-34(39)30-38)32-44-36(40)28-26-24-22-20-18-14-12-10-8-6-4-2/h9,11,15-16,34-35,38-39H,3-8,10,12-14,17-33H2,1-2H3,(H,42,43)/b11-9-,16-15-/t34-,35+/m0/s1. The summed E-state index contributed by atoms with van der Waals surface area (Å²) < 4.78 is 32.5. The number of unbranched alkanes of at least 4 members (excludes halogenated alkanes) is 17. The van der Waals surface area contributed by atoms with Crippen molar-refractivity contribution < 1.29 is 47.8 Å². The van der Waals surface area contributed by atoms with Crippen LogP contribution in [-0.4, -0.2) is 65.7 Å². The van der Waals surface area contributed by atoms with E-state index in [9.17, 15) is 24.2 Å². The number of esters is 2. The summed E-state index contributed by atoms with van der Waals surface area (Å²) in [5, 5.41) is 18.2. The molecule has 48 heavy (non-hydrogen) atoms. The normalized spacial score (nSPS) is 14.4. The van der Waals surface area contributed by atoms with E-state index in [2.05, 4.69) is 42.7 Å². The first-order chi connectivity index (χ1) is 23.2. The predicted molar refractivity (Wildman–Crippen MR) is 191 cm³/mol. The molecule has 0 saturated heterocycles. The molecule has 0 aliphatic rings. The van der Waals surface area contributed by atoms with E-state index in [0.29, 0.717) is 12.8 Å². The molecule has 0 aromatic carbocycles. The highest BCUT2D eigenvalue weighted by Gasteiger charge is 2.27. The minimum absolute atomic E-state index is 0.170. The quantitative estimate of drug-likeness (QED) is 0.0252. The van der Waals surface area contributed by atoms with Gasteiger partial charge in [0, 0.05) is 12.8 Å².